The molecule has 21 heavy (non-hydrogen) atoms. The van der Waals surface area contributed by atoms with Crippen LogP contribution in [0.1, 0.15) is 5.69 Å². The van der Waals surface area contributed by atoms with Crippen LogP contribution in [0.5, 0.6) is 0 Å². The van der Waals surface area contributed by atoms with Crippen molar-refractivity contribution in [2.45, 2.75) is 6.54 Å². The Kier molecular flexibility index (Phi) is 3.87. The SMILES string of the molecule is Fc1ccc(-n2cnnn2)cc1NCc1ccc(Br)cn1. The summed E-state index contributed by atoms with van der Waals surface area (Å²) in [5.41, 5.74) is 1.85. The Morgan fingerprint density at radius 2 is 2.14 bits per heavy atom. The lowest BCUT2D eigenvalue weighted by Crippen LogP contribution is -2.04. The third kappa shape index (κ3) is 3.22. The fraction of sp³-hybridized carbons (Fsp3) is 0.0769. The van der Waals surface area contributed by atoms with Gasteiger partial charge in [-0.2, -0.15) is 0 Å². The van der Waals surface area contributed by atoms with Gasteiger partial charge < -0.3 is 5.32 Å². The largest absolute Gasteiger partial charge is 0.377 e. The molecule has 6 nitrogen and oxygen atoms in total. The molecule has 0 amide bonds. The molecule has 1 aromatic carbocycles. The van der Waals surface area contributed by atoms with Crippen molar-refractivity contribution in [3.63, 3.8) is 0 Å². The molecule has 3 rings (SSSR count). The van der Waals surface area contributed by atoms with Gasteiger partial charge in [-0.25, -0.2) is 9.07 Å². The van der Waals surface area contributed by atoms with Crippen molar-refractivity contribution in [1.29, 1.82) is 0 Å². The van der Waals surface area contributed by atoms with E-state index < -0.39 is 0 Å². The molecule has 2 heterocycles. The average molecular weight is 349 g/mol. The lowest BCUT2D eigenvalue weighted by molar-refractivity contribution is 0.629. The minimum absolute atomic E-state index is 0.344. The number of hydrogen-bond donors (Lipinski definition) is 1. The number of hydrogen-bond acceptors (Lipinski definition) is 5. The standard InChI is InChI=1S/C13H10BrFN6/c14-9-1-2-10(16-6-9)7-17-13-5-11(3-4-12(13)15)21-8-18-19-20-21/h1-6,8,17H,7H2. The first-order valence-electron chi connectivity index (χ1n) is 6.09. The molecule has 0 spiro atoms. The molecule has 106 valence electrons. The second-order valence-corrected chi connectivity index (χ2v) is 5.16. The summed E-state index contributed by atoms with van der Waals surface area (Å²) in [6.07, 6.45) is 3.15. The summed E-state index contributed by atoms with van der Waals surface area (Å²) in [5.74, 6) is -0.344. The summed E-state index contributed by atoms with van der Waals surface area (Å²) in [7, 11) is 0. The molecule has 0 aliphatic rings. The highest BCUT2D eigenvalue weighted by Crippen LogP contribution is 2.19. The minimum atomic E-state index is -0.344. The Bertz CT molecular complexity index is 729. The van der Waals surface area contributed by atoms with E-state index in [0.29, 0.717) is 17.9 Å². The number of aromatic nitrogens is 5. The van der Waals surface area contributed by atoms with Crippen LogP contribution in [0.2, 0.25) is 0 Å². The first-order valence-corrected chi connectivity index (χ1v) is 6.89. The van der Waals surface area contributed by atoms with E-state index >= 15 is 0 Å². The number of anilines is 1. The third-order valence-electron chi connectivity index (χ3n) is 2.81. The first kappa shape index (κ1) is 13.6. The van der Waals surface area contributed by atoms with Crippen LogP contribution < -0.4 is 5.32 Å². The van der Waals surface area contributed by atoms with E-state index in [4.69, 9.17) is 0 Å². The molecule has 3 aromatic rings. The Labute approximate surface area is 128 Å². The van der Waals surface area contributed by atoms with Gasteiger partial charge in [0.15, 0.2) is 0 Å². The first-order chi connectivity index (χ1) is 10.2. The van der Waals surface area contributed by atoms with Crippen LogP contribution in [-0.4, -0.2) is 25.2 Å². The maximum Gasteiger partial charge on any atom is 0.146 e. The molecule has 0 saturated carbocycles. The van der Waals surface area contributed by atoms with Crippen molar-refractivity contribution in [3.05, 3.63) is 58.8 Å². The number of nitrogens with one attached hydrogen (secondary N) is 1. The molecule has 2 aromatic heterocycles. The van der Waals surface area contributed by atoms with Gasteiger partial charge in [-0.15, -0.1) is 5.10 Å². The van der Waals surface area contributed by atoms with Crippen molar-refractivity contribution >= 4 is 21.6 Å². The highest BCUT2D eigenvalue weighted by molar-refractivity contribution is 9.10. The Hall–Kier alpha value is -2.35. The van der Waals surface area contributed by atoms with Gasteiger partial charge >= 0.3 is 0 Å². The predicted molar refractivity (Wildman–Crippen MR) is 78.4 cm³/mol. The molecule has 0 radical (unpaired) electrons. The van der Waals surface area contributed by atoms with Crippen LogP contribution in [0.3, 0.4) is 0 Å². The van der Waals surface area contributed by atoms with Crippen molar-refractivity contribution in [3.8, 4) is 5.69 Å². The van der Waals surface area contributed by atoms with Crippen LogP contribution in [0, 0.1) is 5.82 Å². The Morgan fingerprint density at radius 1 is 1.24 bits per heavy atom. The van der Waals surface area contributed by atoms with Gasteiger partial charge in [0, 0.05) is 10.7 Å². The highest BCUT2D eigenvalue weighted by atomic mass is 79.9. The lowest BCUT2D eigenvalue weighted by Gasteiger charge is -2.09. The molecular weight excluding hydrogens is 339 g/mol. The Morgan fingerprint density at radius 3 is 2.86 bits per heavy atom. The molecule has 1 N–H and O–H groups in total. The highest BCUT2D eigenvalue weighted by Gasteiger charge is 2.06. The number of nitrogens with zero attached hydrogens (tertiary/aromatic N) is 5. The molecule has 0 atom stereocenters. The second-order valence-electron chi connectivity index (χ2n) is 4.24. The number of tetrazole rings is 1. The van der Waals surface area contributed by atoms with Gasteiger partial charge in [-0.05, 0) is 56.7 Å². The number of rotatable bonds is 4. The van der Waals surface area contributed by atoms with Crippen LogP contribution in [0.25, 0.3) is 5.69 Å². The monoisotopic (exact) mass is 348 g/mol. The molecule has 0 saturated heterocycles. The second kappa shape index (κ2) is 5.96. The molecule has 0 aliphatic heterocycles. The van der Waals surface area contributed by atoms with Crippen LogP contribution in [0.4, 0.5) is 10.1 Å². The summed E-state index contributed by atoms with van der Waals surface area (Å²) in [4.78, 5) is 4.23. The third-order valence-corrected chi connectivity index (χ3v) is 3.28. The normalized spacial score (nSPS) is 10.6. The van der Waals surface area contributed by atoms with Gasteiger partial charge in [0.05, 0.1) is 23.6 Å². The van der Waals surface area contributed by atoms with Crippen molar-refractivity contribution in [1.82, 2.24) is 25.2 Å². The molecule has 0 unspecified atom stereocenters. The van der Waals surface area contributed by atoms with Crippen molar-refractivity contribution in [2.24, 2.45) is 0 Å². The van der Waals surface area contributed by atoms with Crippen molar-refractivity contribution in [2.75, 3.05) is 5.32 Å². The average Bonchev–Trinajstić information content (AvgIpc) is 3.02. The quantitative estimate of drug-likeness (QED) is 0.784. The summed E-state index contributed by atoms with van der Waals surface area (Å²) in [6, 6.07) is 8.37. The summed E-state index contributed by atoms with van der Waals surface area (Å²) in [6.45, 7) is 0.420. The van der Waals surface area contributed by atoms with E-state index in [9.17, 15) is 4.39 Å². The zero-order valence-electron chi connectivity index (χ0n) is 10.7. The van der Waals surface area contributed by atoms with Crippen molar-refractivity contribution < 1.29 is 4.39 Å². The predicted octanol–water partition coefficient (Wildman–Crippen LogP) is 2.57. The Balaban J connectivity index is 1.78. The topological polar surface area (TPSA) is 68.5 Å². The zero-order chi connectivity index (χ0) is 14.7. The van der Waals surface area contributed by atoms with Gasteiger partial charge in [0.1, 0.15) is 12.1 Å². The molecule has 0 fully saturated rings. The maximum absolute atomic E-state index is 13.8. The zero-order valence-corrected chi connectivity index (χ0v) is 12.3. The smallest absolute Gasteiger partial charge is 0.146 e. The van der Waals surface area contributed by atoms with Gasteiger partial charge in [-0.1, -0.05) is 0 Å². The number of halogens is 2. The van der Waals surface area contributed by atoms with Crippen LogP contribution in [-0.2, 0) is 6.54 Å². The van der Waals surface area contributed by atoms with E-state index in [1.807, 2.05) is 12.1 Å². The van der Waals surface area contributed by atoms with Crippen LogP contribution >= 0.6 is 15.9 Å². The molecule has 8 heteroatoms. The molecule has 0 bridgehead atoms. The van der Waals surface area contributed by atoms with E-state index in [-0.39, 0.29) is 5.82 Å². The van der Waals surface area contributed by atoms with Gasteiger partial charge in [0.2, 0.25) is 0 Å². The number of pyridine rings is 1. The van der Waals surface area contributed by atoms with Gasteiger partial charge in [-0.3, -0.25) is 4.98 Å². The fourth-order valence-electron chi connectivity index (χ4n) is 1.77. The fourth-order valence-corrected chi connectivity index (χ4v) is 2.00. The van der Waals surface area contributed by atoms with Crippen LogP contribution in [0.15, 0.2) is 47.3 Å². The van der Waals surface area contributed by atoms with E-state index in [2.05, 4.69) is 41.8 Å². The summed E-state index contributed by atoms with van der Waals surface area (Å²) < 4.78 is 16.2. The summed E-state index contributed by atoms with van der Waals surface area (Å²) in [5, 5.41) is 13.9. The maximum atomic E-state index is 13.8. The van der Waals surface area contributed by atoms with Gasteiger partial charge in [0.25, 0.3) is 0 Å². The molecule has 0 aliphatic carbocycles. The lowest BCUT2D eigenvalue weighted by atomic mass is 10.2. The minimum Gasteiger partial charge on any atom is -0.377 e. The van der Waals surface area contributed by atoms with E-state index in [0.717, 1.165) is 10.2 Å². The van der Waals surface area contributed by atoms with E-state index in [1.165, 1.54) is 17.1 Å². The number of benzene rings is 1. The van der Waals surface area contributed by atoms with E-state index in [1.54, 1.807) is 18.3 Å². The molecular formula is C13H10BrFN6. The summed E-state index contributed by atoms with van der Waals surface area (Å²) >= 11 is 3.32.